The van der Waals surface area contributed by atoms with E-state index in [2.05, 4.69) is 6.58 Å². The molecule has 0 rings (SSSR count). The summed E-state index contributed by atoms with van der Waals surface area (Å²) in [5.41, 5.74) is 0. The Balaban J connectivity index is 4.51. The molecule has 0 N–H and O–H groups in total. The molecule has 0 unspecified atom stereocenters. The smallest absolute Gasteiger partial charge is 0.140 e. The fraction of sp³-hybridized carbons (Fsp3) is 0.500. The number of ketones is 2. The minimum Gasteiger partial charge on any atom is -0.300 e. The van der Waals surface area contributed by atoms with E-state index in [9.17, 15) is 9.59 Å². The van der Waals surface area contributed by atoms with Gasteiger partial charge in [0.1, 0.15) is 11.6 Å². The zero-order valence-electron chi connectivity index (χ0n) is 10.5. The Bertz CT molecular complexity index is 279. The largest absolute Gasteiger partial charge is 0.300 e. The number of allylic oxidation sites excluding steroid dienone is 1. The van der Waals surface area contributed by atoms with Crippen LogP contribution in [0.15, 0.2) is 12.7 Å². The van der Waals surface area contributed by atoms with Crippen molar-refractivity contribution < 1.29 is 16.4 Å². The quantitative estimate of drug-likeness (QED) is 0.434. The summed E-state index contributed by atoms with van der Waals surface area (Å²) in [7, 11) is 0. The van der Waals surface area contributed by atoms with Gasteiger partial charge in [-0.2, -0.15) is 0 Å². The molecule has 0 aromatic carbocycles. The third-order valence-corrected chi connectivity index (χ3v) is 0.765. The summed E-state index contributed by atoms with van der Waals surface area (Å²) in [6.45, 7) is 0.421. The maximum atomic E-state index is 11.2. The molecule has 56 valence electrons. The van der Waals surface area contributed by atoms with Crippen LogP contribution in [0.2, 0.25) is 0 Å². The lowest BCUT2D eigenvalue weighted by atomic mass is 10.1. The minimum absolute atomic E-state index is 0.236. The van der Waals surface area contributed by atoms with Crippen molar-refractivity contribution >= 4 is 11.6 Å². The van der Waals surface area contributed by atoms with E-state index in [1.807, 2.05) is 0 Å². The highest BCUT2D eigenvalue weighted by Crippen LogP contribution is 1.95. The Labute approximate surface area is 68.0 Å². The van der Waals surface area contributed by atoms with Crippen molar-refractivity contribution in [2.45, 2.75) is 26.1 Å². The van der Waals surface area contributed by atoms with Gasteiger partial charge in [0, 0.05) is 13.2 Å². The number of carbonyl (C=O) groups is 2. The van der Waals surface area contributed by atoms with Crippen LogP contribution in [0.5, 0.6) is 0 Å². The zero-order valence-corrected chi connectivity index (χ0v) is 5.52. The van der Waals surface area contributed by atoms with Crippen molar-refractivity contribution in [1.82, 2.24) is 0 Å². The van der Waals surface area contributed by atoms with Crippen LogP contribution in [-0.4, -0.2) is 11.6 Å². The van der Waals surface area contributed by atoms with Gasteiger partial charge in [-0.25, -0.2) is 0 Å². The molecule has 0 aromatic heterocycles. The molecule has 0 radical (unpaired) electrons. The molecular formula is C8H12O2. The molecule has 0 saturated carbocycles. The van der Waals surface area contributed by atoms with Crippen LogP contribution in [-0.2, 0) is 9.59 Å². The average Bonchev–Trinajstić information content (AvgIpc) is 2.01. The molecule has 0 aliphatic rings. The molecule has 0 aliphatic heterocycles. The van der Waals surface area contributed by atoms with Crippen molar-refractivity contribution in [3.8, 4) is 0 Å². The molecule has 0 heterocycles. The van der Waals surface area contributed by atoms with Crippen LogP contribution >= 0.6 is 0 Å². The van der Waals surface area contributed by atoms with E-state index < -0.39 is 31.2 Å². The van der Waals surface area contributed by atoms with Crippen molar-refractivity contribution in [2.24, 2.45) is 0 Å². The van der Waals surface area contributed by atoms with E-state index in [0.717, 1.165) is 0 Å². The van der Waals surface area contributed by atoms with E-state index in [1.165, 1.54) is 6.08 Å². The molecule has 0 amide bonds. The van der Waals surface area contributed by atoms with Crippen molar-refractivity contribution in [3.05, 3.63) is 12.7 Å². The first-order chi connectivity index (χ1) is 6.61. The molecule has 0 fully saturated rings. The predicted molar refractivity (Wildman–Crippen MR) is 39.7 cm³/mol. The van der Waals surface area contributed by atoms with Crippen LogP contribution < -0.4 is 0 Å². The van der Waals surface area contributed by atoms with Gasteiger partial charge in [-0.05, 0) is 13.3 Å². The van der Waals surface area contributed by atoms with Crippen molar-refractivity contribution in [1.29, 1.82) is 0 Å². The highest BCUT2D eigenvalue weighted by Gasteiger charge is 2.02. The summed E-state index contributed by atoms with van der Waals surface area (Å²) in [6.07, 6.45) is -2.15. The SMILES string of the molecule is [2H]C([2H])([2H])C(=O)CC(=O)C([2H])([2H])CC=C. The van der Waals surface area contributed by atoms with Gasteiger partial charge in [0.25, 0.3) is 0 Å². The third kappa shape index (κ3) is 5.22. The first kappa shape index (κ1) is 3.46. The summed E-state index contributed by atoms with van der Waals surface area (Å²) in [6, 6.07) is 0. The topological polar surface area (TPSA) is 34.1 Å². The molecule has 0 saturated heterocycles. The molecule has 0 bridgehead atoms. The standard InChI is InChI=1S/C8H12O2/c1-3-4-5-8(10)6-7(2)9/h3H,1,4-6H2,2H3/i2D3,5D2. The Kier molecular flexibility index (Phi) is 1.70. The maximum Gasteiger partial charge on any atom is 0.140 e. The number of rotatable bonds is 5. The van der Waals surface area contributed by atoms with Gasteiger partial charge in [-0.3, -0.25) is 9.59 Å². The zero-order chi connectivity index (χ0) is 12.3. The molecule has 2 heteroatoms. The number of carbonyl (C=O) groups excluding carboxylic acids is 2. The van der Waals surface area contributed by atoms with Crippen molar-refractivity contribution in [2.75, 3.05) is 0 Å². The molecule has 2 nitrogen and oxygen atoms in total. The monoisotopic (exact) mass is 145 g/mol. The fourth-order valence-electron chi connectivity index (χ4n) is 0.394. The molecule has 10 heavy (non-hydrogen) atoms. The van der Waals surface area contributed by atoms with Crippen LogP contribution in [0.1, 0.15) is 32.9 Å². The second-order valence-corrected chi connectivity index (χ2v) is 1.69. The van der Waals surface area contributed by atoms with E-state index in [-0.39, 0.29) is 6.42 Å². The van der Waals surface area contributed by atoms with Crippen LogP contribution in [0, 0.1) is 0 Å². The van der Waals surface area contributed by atoms with Gasteiger partial charge >= 0.3 is 0 Å². The first-order valence-corrected chi connectivity index (χ1v) is 2.79. The van der Waals surface area contributed by atoms with Gasteiger partial charge in [-0.1, -0.05) is 6.08 Å². The second kappa shape index (κ2) is 4.91. The first-order valence-electron chi connectivity index (χ1n) is 5.29. The minimum atomic E-state index is -2.85. The Morgan fingerprint density at radius 1 is 1.80 bits per heavy atom. The number of Topliss-reactive ketones (excluding diaryl/α,β-unsaturated/α-hetero) is 2. The van der Waals surface area contributed by atoms with Crippen molar-refractivity contribution in [3.63, 3.8) is 0 Å². The average molecular weight is 145 g/mol. The summed E-state index contributed by atoms with van der Waals surface area (Å²) in [4.78, 5) is 22.2. The molecule has 0 aliphatic carbocycles. The third-order valence-electron chi connectivity index (χ3n) is 0.765. The molecule has 0 aromatic rings. The number of hydrogen-bond acceptors (Lipinski definition) is 2. The van der Waals surface area contributed by atoms with E-state index in [0.29, 0.717) is 0 Å². The normalized spacial score (nSPS) is 19.0. The molecule has 0 spiro atoms. The summed E-state index contributed by atoms with van der Waals surface area (Å²) < 4.78 is 34.7. The Hall–Kier alpha value is -0.920. The predicted octanol–water partition coefficient (Wildman–Crippen LogP) is 1.50. The van der Waals surface area contributed by atoms with Crippen LogP contribution in [0.3, 0.4) is 0 Å². The number of hydrogen-bond donors (Lipinski definition) is 0. The highest BCUT2D eigenvalue weighted by molar-refractivity contribution is 5.97. The fourth-order valence-corrected chi connectivity index (χ4v) is 0.394. The lowest BCUT2D eigenvalue weighted by Crippen LogP contribution is -2.02. The second-order valence-electron chi connectivity index (χ2n) is 1.69. The summed E-state index contributed by atoms with van der Waals surface area (Å²) >= 11 is 0. The Morgan fingerprint density at radius 3 is 3.00 bits per heavy atom. The summed E-state index contributed by atoms with van der Waals surface area (Å²) in [5, 5.41) is 0. The van der Waals surface area contributed by atoms with Crippen LogP contribution in [0.4, 0.5) is 0 Å². The Morgan fingerprint density at radius 2 is 2.50 bits per heavy atom. The van der Waals surface area contributed by atoms with Crippen LogP contribution in [0.25, 0.3) is 0 Å². The van der Waals surface area contributed by atoms with Gasteiger partial charge in [0.15, 0.2) is 0 Å². The molecular weight excluding hydrogens is 128 g/mol. The van der Waals surface area contributed by atoms with E-state index in [1.54, 1.807) is 0 Å². The van der Waals surface area contributed by atoms with Gasteiger partial charge in [0.2, 0.25) is 0 Å². The van der Waals surface area contributed by atoms with Gasteiger partial charge < -0.3 is 0 Å². The van der Waals surface area contributed by atoms with Gasteiger partial charge in [0.05, 0.1) is 6.42 Å². The lowest BCUT2D eigenvalue weighted by Gasteiger charge is -1.92. The van der Waals surface area contributed by atoms with Gasteiger partial charge in [-0.15, -0.1) is 6.58 Å². The highest BCUT2D eigenvalue weighted by atomic mass is 16.1. The summed E-state index contributed by atoms with van der Waals surface area (Å²) in [5.74, 6) is -2.26. The molecule has 0 atom stereocenters. The van der Waals surface area contributed by atoms with E-state index in [4.69, 9.17) is 6.85 Å². The maximum absolute atomic E-state index is 11.2. The lowest BCUT2D eigenvalue weighted by molar-refractivity contribution is -0.125. The van der Waals surface area contributed by atoms with E-state index >= 15 is 0 Å².